The number of aromatic nitrogens is 1. The molecular formula is C22H22F4N2O3. The highest BCUT2D eigenvalue weighted by Gasteiger charge is 2.56. The first-order chi connectivity index (χ1) is 14.3. The van der Waals surface area contributed by atoms with E-state index in [9.17, 15) is 32.6 Å². The summed E-state index contributed by atoms with van der Waals surface area (Å²) in [6.45, 7) is 1.85. The molecule has 0 bridgehead atoms. The predicted octanol–water partition coefficient (Wildman–Crippen LogP) is 4.45. The zero-order valence-corrected chi connectivity index (χ0v) is 16.8. The van der Waals surface area contributed by atoms with Crippen molar-refractivity contribution in [1.82, 2.24) is 4.98 Å². The van der Waals surface area contributed by atoms with Gasteiger partial charge in [0.2, 0.25) is 0 Å². The topological polar surface area (TPSA) is 85.4 Å². The van der Waals surface area contributed by atoms with Crippen LogP contribution in [0.3, 0.4) is 0 Å². The van der Waals surface area contributed by atoms with Crippen LogP contribution < -0.4 is 10.9 Å². The highest BCUT2D eigenvalue weighted by molar-refractivity contribution is 5.93. The summed E-state index contributed by atoms with van der Waals surface area (Å²) in [7, 11) is 0. The van der Waals surface area contributed by atoms with Crippen molar-refractivity contribution in [2.75, 3.05) is 11.9 Å². The number of pyridine rings is 1. The molecule has 1 heterocycles. The number of halogens is 4. The maximum absolute atomic E-state index is 13.9. The van der Waals surface area contributed by atoms with Crippen LogP contribution in [0.1, 0.15) is 25.8 Å². The average Bonchev–Trinajstić information content (AvgIpc) is 2.67. The number of aliphatic hydroxyl groups is 1. The van der Waals surface area contributed by atoms with Crippen molar-refractivity contribution in [1.29, 1.82) is 0 Å². The number of phenolic OH excluding ortho intramolecular Hbond substituents is 1. The molecule has 0 aliphatic rings. The Morgan fingerprint density at radius 1 is 1.06 bits per heavy atom. The average molecular weight is 438 g/mol. The van der Waals surface area contributed by atoms with Crippen molar-refractivity contribution in [3.8, 4) is 5.75 Å². The minimum absolute atomic E-state index is 0.0492. The van der Waals surface area contributed by atoms with Gasteiger partial charge in [0.1, 0.15) is 11.6 Å². The Kier molecular flexibility index (Phi) is 5.75. The van der Waals surface area contributed by atoms with E-state index in [2.05, 4.69) is 10.3 Å². The maximum atomic E-state index is 13.9. The largest absolute Gasteiger partial charge is 0.508 e. The van der Waals surface area contributed by atoms with Crippen molar-refractivity contribution >= 4 is 16.5 Å². The van der Waals surface area contributed by atoms with Crippen molar-refractivity contribution < 1.29 is 27.8 Å². The van der Waals surface area contributed by atoms with Crippen LogP contribution in [0.25, 0.3) is 10.8 Å². The van der Waals surface area contributed by atoms with E-state index in [0.29, 0.717) is 5.39 Å². The van der Waals surface area contributed by atoms with Gasteiger partial charge in [-0.1, -0.05) is 19.9 Å². The van der Waals surface area contributed by atoms with Crippen molar-refractivity contribution in [2.45, 2.75) is 37.5 Å². The molecule has 1 aromatic heterocycles. The SMILES string of the molecule is CC(C)(CC(O)(CNc1cccc2c(=O)[nH]ccc12)C(F)(F)F)c1cc(F)ccc1O. The number of aromatic amines is 1. The van der Waals surface area contributed by atoms with Gasteiger partial charge in [-0.05, 0) is 48.2 Å². The van der Waals surface area contributed by atoms with Crippen LogP contribution in [0, 0.1) is 5.82 Å². The second kappa shape index (κ2) is 7.88. The molecule has 1 atom stereocenters. The Morgan fingerprint density at radius 3 is 2.45 bits per heavy atom. The number of phenols is 1. The maximum Gasteiger partial charge on any atom is 0.418 e. The monoisotopic (exact) mass is 438 g/mol. The van der Waals surface area contributed by atoms with Crippen LogP contribution in [0.2, 0.25) is 0 Å². The summed E-state index contributed by atoms with van der Waals surface area (Å²) < 4.78 is 55.4. The van der Waals surface area contributed by atoms with Gasteiger partial charge in [0.15, 0.2) is 5.60 Å². The fourth-order valence-electron chi connectivity index (χ4n) is 3.76. The Balaban J connectivity index is 1.94. The molecule has 0 amide bonds. The van der Waals surface area contributed by atoms with Gasteiger partial charge in [0, 0.05) is 28.2 Å². The molecule has 0 fully saturated rings. The van der Waals surface area contributed by atoms with Crippen LogP contribution in [-0.4, -0.2) is 33.5 Å². The first-order valence-electron chi connectivity index (χ1n) is 9.46. The Morgan fingerprint density at radius 2 is 1.77 bits per heavy atom. The quantitative estimate of drug-likeness (QED) is 0.429. The molecule has 0 radical (unpaired) electrons. The van der Waals surface area contributed by atoms with Crippen LogP contribution in [0.4, 0.5) is 23.2 Å². The van der Waals surface area contributed by atoms with Crippen molar-refractivity contribution in [3.05, 3.63) is 70.4 Å². The number of hydrogen-bond donors (Lipinski definition) is 4. The third-order valence-electron chi connectivity index (χ3n) is 5.34. The summed E-state index contributed by atoms with van der Waals surface area (Å²) in [6.07, 6.45) is -4.50. The lowest BCUT2D eigenvalue weighted by Crippen LogP contribution is -2.53. The number of alkyl halides is 3. The van der Waals surface area contributed by atoms with E-state index in [1.807, 2.05) is 0 Å². The number of fused-ring (bicyclic) bond motifs is 1. The van der Waals surface area contributed by atoms with E-state index in [0.717, 1.165) is 18.2 Å². The summed E-state index contributed by atoms with van der Waals surface area (Å²) in [5.74, 6) is -1.08. The number of rotatable bonds is 6. The first kappa shape index (κ1) is 22.6. The highest BCUT2D eigenvalue weighted by atomic mass is 19.4. The fraction of sp³-hybridized carbons (Fsp3) is 0.318. The molecule has 3 aromatic rings. The van der Waals surface area contributed by atoms with E-state index in [4.69, 9.17) is 0 Å². The molecule has 0 saturated carbocycles. The van der Waals surface area contributed by atoms with Gasteiger partial charge in [0.25, 0.3) is 5.56 Å². The number of H-pyrrole nitrogens is 1. The van der Waals surface area contributed by atoms with Crippen LogP contribution in [-0.2, 0) is 5.41 Å². The third kappa shape index (κ3) is 4.51. The van der Waals surface area contributed by atoms with Gasteiger partial charge in [-0.25, -0.2) is 4.39 Å². The second-order valence-electron chi connectivity index (χ2n) is 8.18. The standard InChI is InChI=1S/C22H22F4N2O3/c1-20(2,16-10-13(23)6-7-18(16)29)11-21(31,22(24,25)26)12-28-17-5-3-4-15-14(17)8-9-27-19(15)30/h3-10,28-29,31H,11-12H2,1-2H3,(H,27,30). The summed E-state index contributed by atoms with van der Waals surface area (Å²) >= 11 is 0. The molecule has 0 aliphatic carbocycles. The molecule has 0 spiro atoms. The van der Waals surface area contributed by atoms with Gasteiger partial charge in [-0.3, -0.25) is 4.79 Å². The smallest absolute Gasteiger partial charge is 0.418 e. The molecule has 5 nitrogen and oxygen atoms in total. The molecule has 166 valence electrons. The number of nitrogens with one attached hydrogen (secondary N) is 2. The van der Waals surface area contributed by atoms with Gasteiger partial charge in [-0.2, -0.15) is 13.2 Å². The summed E-state index contributed by atoms with van der Waals surface area (Å²) in [5.41, 5.74) is -4.83. The Labute approximate surface area is 175 Å². The zero-order chi connectivity index (χ0) is 23.0. The third-order valence-corrected chi connectivity index (χ3v) is 5.34. The molecular weight excluding hydrogens is 416 g/mol. The van der Waals surface area contributed by atoms with Gasteiger partial charge < -0.3 is 20.5 Å². The summed E-state index contributed by atoms with van der Waals surface area (Å²) in [6, 6.07) is 9.10. The molecule has 9 heteroatoms. The predicted molar refractivity (Wildman–Crippen MR) is 110 cm³/mol. The summed E-state index contributed by atoms with van der Waals surface area (Å²) in [4.78, 5) is 14.4. The van der Waals surface area contributed by atoms with E-state index in [-0.39, 0.29) is 22.4 Å². The minimum atomic E-state index is -5.03. The van der Waals surface area contributed by atoms with E-state index >= 15 is 0 Å². The number of hydrogen-bond acceptors (Lipinski definition) is 4. The van der Waals surface area contributed by atoms with Crippen LogP contribution in [0.15, 0.2) is 53.5 Å². The molecule has 4 N–H and O–H groups in total. The zero-order valence-electron chi connectivity index (χ0n) is 16.8. The number of aromatic hydroxyl groups is 1. The molecule has 3 rings (SSSR count). The van der Waals surface area contributed by atoms with Gasteiger partial charge >= 0.3 is 6.18 Å². The molecule has 31 heavy (non-hydrogen) atoms. The van der Waals surface area contributed by atoms with E-state index in [1.165, 1.54) is 38.2 Å². The Hall–Kier alpha value is -3.07. The Bertz CT molecular complexity index is 1160. The van der Waals surface area contributed by atoms with Crippen molar-refractivity contribution in [3.63, 3.8) is 0 Å². The number of benzene rings is 2. The lowest BCUT2D eigenvalue weighted by molar-refractivity contribution is -0.260. The molecule has 2 aromatic carbocycles. The fourth-order valence-corrected chi connectivity index (χ4v) is 3.76. The summed E-state index contributed by atoms with van der Waals surface area (Å²) in [5, 5.41) is 24.0. The normalized spacial score (nSPS) is 14.4. The van der Waals surface area contributed by atoms with Gasteiger partial charge in [0.05, 0.1) is 6.54 Å². The lowest BCUT2D eigenvalue weighted by atomic mass is 9.74. The highest BCUT2D eigenvalue weighted by Crippen LogP contribution is 2.43. The van der Waals surface area contributed by atoms with Crippen LogP contribution >= 0.6 is 0 Å². The van der Waals surface area contributed by atoms with Crippen LogP contribution in [0.5, 0.6) is 5.75 Å². The van der Waals surface area contributed by atoms with E-state index in [1.54, 1.807) is 6.07 Å². The second-order valence-corrected chi connectivity index (χ2v) is 8.18. The molecule has 0 saturated heterocycles. The van der Waals surface area contributed by atoms with Gasteiger partial charge in [-0.15, -0.1) is 0 Å². The van der Waals surface area contributed by atoms with Crippen molar-refractivity contribution in [2.24, 2.45) is 0 Å². The molecule has 0 aliphatic heterocycles. The van der Waals surface area contributed by atoms with E-state index < -0.39 is 41.5 Å². The minimum Gasteiger partial charge on any atom is -0.508 e. The first-order valence-corrected chi connectivity index (χ1v) is 9.46. The molecule has 1 unspecified atom stereocenters. The number of anilines is 1. The lowest BCUT2D eigenvalue weighted by Gasteiger charge is -2.38.